The summed E-state index contributed by atoms with van der Waals surface area (Å²) in [5, 5.41) is 3.09. The summed E-state index contributed by atoms with van der Waals surface area (Å²) < 4.78 is 16.8. The van der Waals surface area contributed by atoms with Crippen LogP contribution in [0.1, 0.15) is 36.1 Å². The van der Waals surface area contributed by atoms with Gasteiger partial charge in [-0.05, 0) is 42.5 Å². The Kier molecular flexibility index (Phi) is 5.07. The Morgan fingerprint density at radius 3 is 2.42 bits per heavy atom. The van der Waals surface area contributed by atoms with Crippen molar-refractivity contribution in [3.63, 3.8) is 0 Å². The lowest BCUT2D eigenvalue weighted by atomic mass is 9.92. The Labute approximate surface area is 154 Å². The Morgan fingerprint density at radius 2 is 1.81 bits per heavy atom. The predicted molar refractivity (Wildman–Crippen MR) is 101 cm³/mol. The number of nitrogens with one attached hydrogen (secondary N) is 1. The van der Waals surface area contributed by atoms with Crippen molar-refractivity contribution in [2.75, 3.05) is 21.3 Å². The highest BCUT2D eigenvalue weighted by atomic mass is 16.5. The second-order valence-corrected chi connectivity index (χ2v) is 6.56. The van der Waals surface area contributed by atoms with E-state index in [-0.39, 0.29) is 11.9 Å². The molecule has 0 radical (unpaired) electrons. The van der Waals surface area contributed by atoms with Crippen LogP contribution in [0.15, 0.2) is 24.3 Å². The number of fused-ring (bicyclic) bond motifs is 3. The van der Waals surface area contributed by atoms with Crippen LogP contribution in [-0.4, -0.2) is 27.2 Å². The average Bonchev–Trinajstić information content (AvgIpc) is 2.76. The summed E-state index contributed by atoms with van der Waals surface area (Å²) in [7, 11) is 4.87. The molecule has 2 aromatic rings. The van der Waals surface area contributed by atoms with Crippen molar-refractivity contribution in [2.45, 2.75) is 32.7 Å². The number of rotatable bonds is 4. The zero-order valence-corrected chi connectivity index (χ0v) is 15.9. The first kappa shape index (κ1) is 18.1. The van der Waals surface area contributed by atoms with Crippen LogP contribution in [-0.2, 0) is 11.2 Å². The van der Waals surface area contributed by atoms with Gasteiger partial charge in [-0.15, -0.1) is 0 Å². The predicted octanol–water partition coefficient (Wildman–Crippen LogP) is 3.81. The van der Waals surface area contributed by atoms with Gasteiger partial charge in [-0.3, -0.25) is 4.79 Å². The number of ether oxygens (including phenoxy) is 3. The molecular weight excluding hydrogens is 330 g/mol. The summed E-state index contributed by atoms with van der Waals surface area (Å²) >= 11 is 0. The zero-order chi connectivity index (χ0) is 18.8. The van der Waals surface area contributed by atoms with Gasteiger partial charge in [0, 0.05) is 12.5 Å². The van der Waals surface area contributed by atoms with Gasteiger partial charge >= 0.3 is 0 Å². The molecule has 5 heteroatoms. The summed E-state index contributed by atoms with van der Waals surface area (Å²) in [5.41, 5.74) is 5.44. The first-order valence-electron chi connectivity index (χ1n) is 8.70. The van der Waals surface area contributed by atoms with Gasteiger partial charge in [0.15, 0.2) is 11.5 Å². The third kappa shape index (κ3) is 3.09. The summed E-state index contributed by atoms with van der Waals surface area (Å²) in [5.74, 6) is 1.86. The molecule has 0 saturated carbocycles. The van der Waals surface area contributed by atoms with Crippen LogP contribution in [0, 0.1) is 6.92 Å². The quantitative estimate of drug-likeness (QED) is 0.906. The number of carbonyl (C=O) groups is 1. The number of amides is 1. The Morgan fingerprint density at radius 1 is 1.08 bits per heavy atom. The number of aryl methyl sites for hydroxylation is 2. The van der Waals surface area contributed by atoms with Gasteiger partial charge in [0.2, 0.25) is 11.7 Å². The maximum atomic E-state index is 11.7. The van der Waals surface area contributed by atoms with Crippen LogP contribution in [0.25, 0.3) is 11.1 Å². The van der Waals surface area contributed by atoms with E-state index in [1.54, 1.807) is 28.3 Å². The van der Waals surface area contributed by atoms with E-state index in [9.17, 15) is 4.79 Å². The molecule has 0 fully saturated rings. The van der Waals surface area contributed by atoms with E-state index in [2.05, 4.69) is 30.4 Å². The highest BCUT2D eigenvalue weighted by Gasteiger charge is 2.29. The summed E-state index contributed by atoms with van der Waals surface area (Å²) in [6, 6.07) is 8.28. The lowest BCUT2D eigenvalue weighted by Crippen LogP contribution is -2.26. The van der Waals surface area contributed by atoms with E-state index >= 15 is 0 Å². The minimum Gasteiger partial charge on any atom is -0.493 e. The number of methoxy groups -OCH3 is 3. The maximum absolute atomic E-state index is 11.7. The van der Waals surface area contributed by atoms with Crippen molar-refractivity contribution < 1.29 is 19.0 Å². The smallest absolute Gasteiger partial charge is 0.217 e. The minimum atomic E-state index is -0.0449. The molecule has 2 aromatic carbocycles. The van der Waals surface area contributed by atoms with Gasteiger partial charge in [-0.25, -0.2) is 0 Å². The van der Waals surface area contributed by atoms with Crippen molar-refractivity contribution in [1.82, 2.24) is 5.32 Å². The molecule has 0 aliphatic heterocycles. The van der Waals surface area contributed by atoms with Crippen molar-refractivity contribution in [2.24, 2.45) is 0 Å². The number of carbonyl (C=O) groups excluding carboxylic acids is 1. The second-order valence-electron chi connectivity index (χ2n) is 6.56. The second kappa shape index (κ2) is 7.28. The average molecular weight is 355 g/mol. The monoisotopic (exact) mass is 355 g/mol. The Hall–Kier alpha value is -2.69. The molecule has 0 aromatic heterocycles. The van der Waals surface area contributed by atoms with Crippen LogP contribution in [0.5, 0.6) is 17.2 Å². The third-order valence-corrected chi connectivity index (χ3v) is 4.84. The van der Waals surface area contributed by atoms with Crippen molar-refractivity contribution in [3.8, 4) is 28.4 Å². The molecule has 0 heterocycles. The first-order chi connectivity index (χ1) is 12.5. The Balaban J connectivity index is 2.31. The molecule has 0 spiro atoms. The minimum absolute atomic E-state index is 0.0319. The van der Waals surface area contributed by atoms with Gasteiger partial charge < -0.3 is 19.5 Å². The summed E-state index contributed by atoms with van der Waals surface area (Å²) in [6.07, 6.45) is 1.60. The number of hydrogen-bond acceptors (Lipinski definition) is 4. The van der Waals surface area contributed by atoms with Crippen molar-refractivity contribution >= 4 is 5.91 Å². The lowest BCUT2D eigenvalue weighted by Gasteiger charge is -2.21. The maximum Gasteiger partial charge on any atom is 0.217 e. The fourth-order valence-corrected chi connectivity index (χ4v) is 3.75. The molecule has 0 bridgehead atoms. The van der Waals surface area contributed by atoms with Crippen molar-refractivity contribution in [1.29, 1.82) is 0 Å². The van der Waals surface area contributed by atoms with Gasteiger partial charge in [0.25, 0.3) is 0 Å². The molecular formula is C21H25NO4. The molecule has 5 nitrogen and oxygen atoms in total. The van der Waals surface area contributed by atoms with Crippen LogP contribution >= 0.6 is 0 Å². The van der Waals surface area contributed by atoms with Gasteiger partial charge in [0.1, 0.15) is 0 Å². The van der Waals surface area contributed by atoms with Gasteiger partial charge in [-0.2, -0.15) is 0 Å². The van der Waals surface area contributed by atoms with Crippen LogP contribution in [0.2, 0.25) is 0 Å². The molecule has 1 aliphatic rings. The van der Waals surface area contributed by atoms with Gasteiger partial charge in [0.05, 0.1) is 27.4 Å². The molecule has 0 saturated heterocycles. The molecule has 1 aliphatic carbocycles. The third-order valence-electron chi connectivity index (χ3n) is 4.84. The van der Waals surface area contributed by atoms with E-state index in [0.717, 1.165) is 40.7 Å². The summed E-state index contributed by atoms with van der Waals surface area (Å²) in [6.45, 7) is 3.61. The fourth-order valence-electron chi connectivity index (χ4n) is 3.75. The number of hydrogen-bond donors (Lipinski definition) is 1. The van der Waals surface area contributed by atoms with E-state index < -0.39 is 0 Å². The molecule has 3 rings (SSSR count). The van der Waals surface area contributed by atoms with E-state index in [1.807, 2.05) is 6.07 Å². The Bertz CT molecular complexity index is 844. The molecule has 1 amide bonds. The molecule has 1 atom stereocenters. The number of benzene rings is 2. The van der Waals surface area contributed by atoms with Crippen LogP contribution in [0.4, 0.5) is 0 Å². The molecule has 0 unspecified atom stereocenters. The summed E-state index contributed by atoms with van der Waals surface area (Å²) in [4.78, 5) is 11.7. The van der Waals surface area contributed by atoms with E-state index in [0.29, 0.717) is 17.2 Å². The van der Waals surface area contributed by atoms with Gasteiger partial charge in [-0.1, -0.05) is 23.8 Å². The zero-order valence-electron chi connectivity index (χ0n) is 15.9. The molecule has 26 heavy (non-hydrogen) atoms. The van der Waals surface area contributed by atoms with E-state index in [4.69, 9.17) is 14.2 Å². The standard InChI is InChI=1S/C21H25NO4/c1-12-6-8-15-16(10-12)17(22-13(2)23)9-7-14-11-18(24-3)20(25-4)21(26-5)19(14)15/h6,8,10-11,17H,7,9H2,1-5H3,(H,22,23)/t17-/m0/s1. The normalized spacial score (nSPS) is 15.3. The fraction of sp³-hybridized carbons (Fsp3) is 0.381. The largest absolute Gasteiger partial charge is 0.493 e. The highest BCUT2D eigenvalue weighted by molar-refractivity contribution is 5.83. The SMILES string of the molecule is COc1cc2c(c(OC)c1OC)-c1ccc(C)cc1[C@@H](NC(C)=O)CC2. The first-order valence-corrected chi connectivity index (χ1v) is 8.70. The topological polar surface area (TPSA) is 56.8 Å². The van der Waals surface area contributed by atoms with Crippen LogP contribution < -0.4 is 19.5 Å². The lowest BCUT2D eigenvalue weighted by molar-refractivity contribution is -0.119. The molecule has 138 valence electrons. The van der Waals surface area contributed by atoms with Crippen LogP contribution in [0.3, 0.4) is 0 Å². The molecule has 1 N–H and O–H groups in total. The van der Waals surface area contributed by atoms with E-state index in [1.165, 1.54) is 0 Å². The highest BCUT2D eigenvalue weighted by Crippen LogP contribution is 2.50. The van der Waals surface area contributed by atoms with Crippen molar-refractivity contribution in [3.05, 3.63) is 41.0 Å².